The lowest BCUT2D eigenvalue weighted by molar-refractivity contribution is -0.147. The van der Waals surface area contributed by atoms with Crippen LogP contribution in [-0.4, -0.2) is 26.9 Å². The van der Waals surface area contributed by atoms with E-state index >= 15 is 0 Å². The van der Waals surface area contributed by atoms with E-state index in [1.807, 2.05) is 0 Å². The third-order valence-electron chi connectivity index (χ3n) is 2.23. The zero-order valence-corrected chi connectivity index (χ0v) is 10.6. The Labute approximate surface area is 98.6 Å². The van der Waals surface area contributed by atoms with Crippen LogP contribution in [-0.2, 0) is 18.9 Å². The third-order valence-corrected chi connectivity index (χ3v) is 2.23. The first kappa shape index (κ1) is 15.1. The fourth-order valence-electron chi connectivity index (χ4n) is 1.43. The van der Waals surface area contributed by atoms with Crippen molar-refractivity contribution < 1.29 is 18.9 Å². The Kier molecular flexibility index (Phi) is 6.22. The topological polar surface area (TPSA) is 52.6 Å². The van der Waals surface area contributed by atoms with Crippen LogP contribution in [0.5, 0.6) is 0 Å². The molecule has 88 valence electrons. The Hall–Kier alpha value is -0.930. The van der Waals surface area contributed by atoms with Crippen molar-refractivity contribution in [1.29, 1.82) is 0 Å². The molecule has 0 heterocycles. The maximum atomic E-state index is 11.6. The molecule has 0 aliphatic carbocycles. The van der Waals surface area contributed by atoms with E-state index in [1.54, 1.807) is 34.4 Å². The maximum Gasteiger partial charge on any atom is 0.370 e. The van der Waals surface area contributed by atoms with Gasteiger partial charge in [-0.2, -0.15) is 0 Å². The zero-order chi connectivity index (χ0) is 12.8. The number of rotatable bonds is 6. The molecular weight excluding hydrogens is 206 g/mol. The molecule has 0 aromatic carbocycles. The monoisotopic (exact) mass is 224 g/mol. The number of hydrogen-bond acceptors (Lipinski definition) is 4. The Morgan fingerprint density at radius 1 is 1.19 bits per heavy atom. The molecule has 0 bridgehead atoms. The smallest absolute Gasteiger partial charge is 0.370 e. The van der Waals surface area contributed by atoms with Crippen LogP contribution in [0.4, 0.5) is 0 Å². The van der Waals surface area contributed by atoms with Gasteiger partial charge in [-0.3, -0.25) is 9.59 Å². The van der Waals surface area contributed by atoms with Crippen LogP contribution in [0.3, 0.4) is 0 Å². The number of carbonyl (C=O) groups excluding carboxylic acids is 2. The van der Waals surface area contributed by atoms with Crippen molar-refractivity contribution in [3.63, 3.8) is 0 Å². The van der Waals surface area contributed by atoms with E-state index in [9.17, 15) is 9.59 Å². The largest absolute Gasteiger partial charge is 0.539 e. The van der Waals surface area contributed by atoms with Gasteiger partial charge >= 0.3 is 15.0 Å². The molecule has 16 heavy (non-hydrogen) atoms. The Balaban J connectivity index is 4.34. The first-order valence-electron chi connectivity index (χ1n) is 5.32. The summed E-state index contributed by atoms with van der Waals surface area (Å²) in [6.07, 6.45) is 0.395. The quantitative estimate of drug-likeness (QED) is 0.640. The van der Waals surface area contributed by atoms with Crippen molar-refractivity contribution >= 4 is 26.9 Å². The molecule has 0 aromatic rings. The molecule has 0 fully saturated rings. The van der Waals surface area contributed by atoms with Gasteiger partial charge in [0, 0.05) is 0 Å². The molecule has 4 nitrogen and oxygen atoms in total. The summed E-state index contributed by atoms with van der Waals surface area (Å²) in [4.78, 5) is 23.0. The van der Waals surface area contributed by atoms with Crippen molar-refractivity contribution in [2.45, 2.75) is 40.8 Å². The molecule has 0 N–H and O–H groups in total. The van der Waals surface area contributed by atoms with Gasteiger partial charge in [0.25, 0.3) is 11.9 Å². The molecule has 1 unspecified atom stereocenters. The van der Waals surface area contributed by atoms with Crippen molar-refractivity contribution in [3.8, 4) is 0 Å². The second kappa shape index (κ2) is 6.61. The van der Waals surface area contributed by atoms with Gasteiger partial charge < -0.3 is 9.31 Å². The van der Waals surface area contributed by atoms with E-state index in [1.165, 1.54) is 15.0 Å². The van der Waals surface area contributed by atoms with E-state index in [-0.39, 0.29) is 17.9 Å². The molecule has 0 spiro atoms. The lowest BCUT2D eigenvalue weighted by Gasteiger charge is -2.25. The lowest BCUT2D eigenvalue weighted by atomic mass is 9.83. The summed E-state index contributed by atoms with van der Waals surface area (Å²) in [6.45, 7) is 8.50. The Bertz CT molecular complexity index is 253. The van der Waals surface area contributed by atoms with Crippen LogP contribution in [0.15, 0.2) is 0 Å². The number of carbonyl (C=O) groups is 2. The average Bonchev–Trinajstić information content (AvgIpc) is 2.17. The highest BCUT2D eigenvalue weighted by Gasteiger charge is 2.33. The normalized spacial score (nSPS) is 12.6. The second-order valence-electron chi connectivity index (χ2n) is 4.30. The fraction of sp³-hybridized carbons (Fsp3) is 0.800. The van der Waals surface area contributed by atoms with Gasteiger partial charge in [0.15, 0.2) is 0 Å². The van der Waals surface area contributed by atoms with Crippen LogP contribution in [0.25, 0.3) is 0 Å². The van der Waals surface area contributed by atoms with Crippen molar-refractivity contribution in [3.05, 3.63) is 0 Å². The Morgan fingerprint density at radius 3 is 2.12 bits per heavy atom. The van der Waals surface area contributed by atoms with E-state index in [4.69, 9.17) is 9.31 Å². The molecule has 0 amide bonds. The molecule has 0 rings (SSSR count). The van der Waals surface area contributed by atoms with E-state index in [0.29, 0.717) is 6.42 Å². The highest BCUT2D eigenvalue weighted by Crippen LogP contribution is 2.27. The molecular formula is C10H18B2O4. The summed E-state index contributed by atoms with van der Waals surface area (Å²) in [6, 6.07) is 0. The van der Waals surface area contributed by atoms with Gasteiger partial charge in [-0.05, 0) is 20.3 Å². The van der Waals surface area contributed by atoms with Gasteiger partial charge in [-0.25, -0.2) is 0 Å². The van der Waals surface area contributed by atoms with E-state index < -0.39 is 5.41 Å². The summed E-state index contributed by atoms with van der Waals surface area (Å²) in [5.74, 6) is -1.01. The standard InChI is InChI=1S/C10H18B2O4/c1-7(8(13)15-11-4)6-10(2,3)9(14)16-12-5/h7H,6H2,1-5H3. The average molecular weight is 224 g/mol. The second-order valence-corrected chi connectivity index (χ2v) is 4.30. The zero-order valence-electron chi connectivity index (χ0n) is 10.6. The van der Waals surface area contributed by atoms with Gasteiger partial charge in [0.05, 0.1) is 11.3 Å². The minimum Gasteiger partial charge on any atom is -0.539 e. The summed E-state index contributed by atoms with van der Waals surface area (Å²) in [7, 11) is 2.68. The van der Waals surface area contributed by atoms with Crippen LogP contribution in [0.2, 0.25) is 13.6 Å². The van der Waals surface area contributed by atoms with Gasteiger partial charge in [-0.1, -0.05) is 20.6 Å². The van der Waals surface area contributed by atoms with Gasteiger partial charge in [0.1, 0.15) is 0 Å². The molecule has 1 atom stereocenters. The maximum absolute atomic E-state index is 11.6. The van der Waals surface area contributed by atoms with Crippen molar-refractivity contribution in [2.75, 3.05) is 0 Å². The molecule has 0 aliphatic heterocycles. The summed E-state index contributed by atoms with van der Waals surface area (Å²) in [5, 5.41) is 0. The number of hydrogen-bond donors (Lipinski definition) is 0. The summed E-state index contributed by atoms with van der Waals surface area (Å²) in [5.41, 5.74) is -0.696. The lowest BCUT2D eigenvalue weighted by Crippen LogP contribution is -2.32. The molecule has 0 saturated carbocycles. The minimum absolute atomic E-state index is 0.330. The minimum atomic E-state index is -0.696. The van der Waals surface area contributed by atoms with Crippen molar-refractivity contribution in [2.24, 2.45) is 11.3 Å². The summed E-state index contributed by atoms with van der Waals surface area (Å²) < 4.78 is 9.59. The van der Waals surface area contributed by atoms with Crippen LogP contribution in [0, 0.1) is 11.3 Å². The third kappa shape index (κ3) is 4.73. The van der Waals surface area contributed by atoms with E-state index in [0.717, 1.165) is 0 Å². The summed E-state index contributed by atoms with van der Waals surface area (Å²) >= 11 is 0. The van der Waals surface area contributed by atoms with Crippen LogP contribution in [0.1, 0.15) is 27.2 Å². The molecule has 0 saturated heterocycles. The fourth-order valence-corrected chi connectivity index (χ4v) is 1.43. The predicted molar refractivity (Wildman–Crippen MR) is 63.0 cm³/mol. The van der Waals surface area contributed by atoms with E-state index in [2.05, 4.69) is 0 Å². The first-order chi connectivity index (χ1) is 7.35. The van der Waals surface area contributed by atoms with Gasteiger partial charge in [0.2, 0.25) is 0 Å². The van der Waals surface area contributed by atoms with Gasteiger partial charge in [-0.15, -0.1) is 0 Å². The highest BCUT2D eigenvalue weighted by molar-refractivity contribution is 6.29. The van der Waals surface area contributed by atoms with Crippen LogP contribution >= 0.6 is 0 Å². The highest BCUT2D eigenvalue weighted by atomic mass is 16.5. The molecule has 2 radical (unpaired) electrons. The molecule has 0 aliphatic rings. The first-order valence-corrected chi connectivity index (χ1v) is 5.32. The molecule has 6 heteroatoms. The van der Waals surface area contributed by atoms with Crippen molar-refractivity contribution in [1.82, 2.24) is 0 Å². The van der Waals surface area contributed by atoms with Crippen LogP contribution < -0.4 is 0 Å². The SMILES string of the molecule is C[B]OC(=O)C(C)CC(C)(C)C(=O)O[B]C. The predicted octanol–water partition coefficient (Wildman–Crippen LogP) is 1.46. The molecule has 0 aromatic heterocycles. The Morgan fingerprint density at radius 2 is 1.69 bits per heavy atom.